The molecular formula is C16H31IN4S. The van der Waals surface area contributed by atoms with Gasteiger partial charge in [0.1, 0.15) is 0 Å². The van der Waals surface area contributed by atoms with Gasteiger partial charge in [-0.05, 0) is 43.1 Å². The molecule has 4 nitrogen and oxygen atoms in total. The van der Waals surface area contributed by atoms with E-state index in [2.05, 4.69) is 38.9 Å². The van der Waals surface area contributed by atoms with Gasteiger partial charge in [-0.3, -0.25) is 9.89 Å². The molecule has 0 aromatic carbocycles. The smallest absolute Gasteiger partial charge is 0.191 e. The van der Waals surface area contributed by atoms with Gasteiger partial charge in [-0.1, -0.05) is 6.08 Å². The van der Waals surface area contributed by atoms with Crippen LogP contribution < -0.4 is 10.6 Å². The molecule has 0 saturated carbocycles. The Morgan fingerprint density at radius 3 is 2.55 bits per heavy atom. The van der Waals surface area contributed by atoms with Crippen molar-refractivity contribution in [1.29, 1.82) is 0 Å². The molecule has 2 rings (SSSR count). The average molecular weight is 438 g/mol. The highest BCUT2D eigenvalue weighted by molar-refractivity contribution is 14.0. The van der Waals surface area contributed by atoms with Crippen molar-refractivity contribution in [1.82, 2.24) is 15.5 Å². The molecular weight excluding hydrogens is 407 g/mol. The Hall–Kier alpha value is 0.0500. The van der Waals surface area contributed by atoms with Crippen LogP contribution in [-0.2, 0) is 0 Å². The Balaban J connectivity index is 0.00000242. The molecule has 22 heavy (non-hydrogen) atoms. The third-order valence-electron chi connectivity index (χ3n) is 4.44. The van der Waals surface area contributed by atoms with Crippen LogP contribution in [0.2, 0.25) is 0 Å². The highest BCUT2D eigenvalue weighted by Gasteiger charge is 2.19. The Kier molecular flexibility index (Phi) is 10.6. The van der Waals surface area contributed by atoms with Crippen LogP contribution in [0.25, 0.3) is 0 Å². The van der Waals surface area contributed by atoms with Crippen LogP contribution >= 0.6 is 35.7 Å². The molecule has 0 radical (unpaired) electrons. The third-order valence-corrected chi connectivity index (χ3v) is 5.49. The first-order chi connectivity index (χ1) is 10.3. The summed E-state index contributed by atoms with van der Waals surface area (Å²) in [6.07, 6.45) is 7.06. The topological polar surface area (TPSA) is 39.7 Å². The van der Waals surface area contributed by atoms with Crippen molar-refractivity contribution < 1.29 is 0 Å². The quantitative estimate of drug-likeness (QED) is 0.300. The first-order valence-corrected chi connectivity index (χ1v) is 9.35. The zero-order valence-electron chi connectivity index (χ0n) is 13.7. The molecule has 2 heterocycles. The van der Waals surface area contributed by atoms with Crippen LogP contribution in [0.3, 0.4) is 0 Å². The number of halogens is 1. The number of hydrogen-bond acceptors (Lipinski definition) is 3. The fourth-order valence-corrected chi connectivity index (χ4v) is 4.23. The van der Waals surface area contributed by atoms with Crippen molar-refractivity contribution in [2.24, 2.45) is 10.9 Å². The maximum Gasteiger partial charge on any atom is 0.191 e. The minimum Gasteiger partial charge on any atom is -0.356 e. The molecule has 2 aliphatic rings. The summed E-state index contributed by atoms with van der Waals surface area (Å²) in [4.78, 5) is 6.84. The second-order valence-corrected chi connectivity index (χ2v) is 7.24. The zero-order valence-corrected chi connectivity index (χ0v) is 16.9. The summed E-state index contributed by atoms with van der Waals surface area (Å²) in [6.45, 7) is 8.20. The number of nitrogens with zero attached hydrogens (tertiary/aromatic N) is 2. The van der Waals surface area contributed by atoms with E-state index in [-0.39, 0.29) is 24.0 Å². The summed E-state index contributed by atoms with van der Waals surface area (Å²) in [5.41, 5.74) is 0. The number of piperidine rings is 1. The van der Waals surface area contributed by atoms with Crippen molar-refractivity contribution >= 4 is 41.7 Å². The van der Waals surface area contributed by atoms with E-state index in [0.29, 0.717) is 6.04 Å². The number of likely N-dealkylation sites (tertiary alicyclic amines) is 1. The highest BCUT2D eigenvalue weighted by Crippen LogP contribution is 2.21. The minimum absolute atomic E-state index is 0. The van der Waals surface area contributed by atoms with E-state index in [1.165, 1.54) is 37.2 Å². The van der Waals surface area contributed by atoms with Crippen molar-refractivity contribution in [3.05, 3.63) is 12.7 Å². The molecule has 2 aliphatic heterocycles. The number of nitrogens with one attached hydrogen (secondary N) is 2. The van der Waals surface area contributed by atoms with E-state index in [9.17, 15) is 0 Å². The molecule has 0 unspecified atom stereocenters. The van der Waals surface area contributed by atoms with E-state index >= 15 is 0 Å². The molecule has 0 atom stereocenters. The Morgan fingerprint density at radius 1 is 1.27 bits per heavy atom. The normalized spacial score (nSPS) is 22.0. The first-order valence-electron chi connectivity index (χ1n) is 8.20. The lowest BCUT2D eigenvalue weighted by atomic mass is 10.0. The van der Waals surface area contributed by atoms with Gasteiger partial charge >= 0.3 is 0 Å². The molecule has 0 aliphatic carbocycles. The van der Waals surface area contributed by atoms with Crippen LogP contribution in [0.15, 0.2) is 17.6 Å². The van der Waals surface area contributed by atoms with Crippen LogP contribution in [0.4, 0.5) is 0 Å². The van der Waals surface area contributed by atoms with Gasteiger partial charge in [-0.15, -0.1) is 30.6 Å². The monoisotopic (exact) mass is 438 g/mol. The number of rotatable bonds is 5. The first kappa shape index (κ1) is 20.1. The number of hydrogen-bond donors (Lipinski definition) is 2. The average Bonchev–Trinajstić information content (AvgIpc) is 2.54. The van der Waals surface area contributed by atoms with Crippen molar-refractivity contribution in [3.63, 3.8) is 0 Å². The van der Waals surface area contributed by atoms with Gasteiger partial charge in [0.05, 0.1) is 0 Å². The summed E-state index contributed by atoms with van der Waals surface area (Å²) in [5.74, 6) is 4.44. The predicted molar refractivity (Wildman–Crippen MR) is 110 cm³/mol. The van der Waals surface area contributed by atoms with Crippen LogP contribution in [0, 0.1) is 5.92 Å². The summed E-state index contributed by atoms with van der Waals surface area (Å²) >= 11 is 2.09. The second-order valence-electron chi connectivity index (χ2n) is 6.02. The lowest BCUT2D eigenvalue weighted by Crippen LogP contribution is -2.49. The highest BCUT2D eigenvalue weighted by atomic mass is 127. The number of thioether (sulfide) groups is 1. The van der Waals surface area contributed by atoms with Gasteiger partial charge in [-0.25, -0.2) is 0 Å². The molecule has 0 bridgehead atoms. The van der Waals surface area contributed by atoms with E-state index < -0.39 is 0 Å². The molecule has 0 spiro atoms. The van der Waals surface area contributed by atoms with E-state index in [0.717, 1.165) is 38.1 Å². The standard InChI is InChI=1S/C16H30N4S.HI/c1-3-8-20-9-4-15(5-10-20)19-16(17-2)18-13-14-6-11-21-12-7-14;/h3,14-15H,1,4-13H2,2H3,(H2,17,18,19);1H. The summed E-state index contributed by atoms with van der Waals surface area (Å²) in [5, 5.41) is 7.11. The molecule has 2 saturated heterocycles. The second kappa shape index (κ2) is 11.6. The molecule has 0 amide bonds. The fraction of sp³-hybridized carbons (Fsp3) is 0.812. The molecule has 128 valence electrons. The Labute approximate surface area is 157 Å². The zero-order chi connectivity index (χ0) is 14.9. The Morgan fingerprint density at radius 2 is 1.95 bits per heavy atom. The van der Waals surface area contributed by atoms with E-state index in [4.69, 9.17) is 0 Å². The van der Waals surface area contributed by atoms with Crippen LogP contribution in [0.1, 0.15) is 25.7 Å². The summed E-state index contributed by atoms with van der Waals surface area (Å²) < 4.78 is 0. The molecule has 2 N–H and O–H groups in total. The molecule has 0 aromatic heterocycles. The maximum absolute atomic E-state index is 4.38. The van der Waals surface area contributed by atoms with Crippen molar-refractivity contribution in [2.75, 3.05) is 44.7 Å². The SMILES string of the molecule is C=CCN1CCC(NC(=NC)NCC2CCSCC2)CC1.I. The van der Waals surface area contributed by atoms with Crippen molar-refractivity contribution in [2.45, 2.75) is 31.7 Å². The van der Waals surface area contributed by atoms with E-state index in [1.807, 2.05) is 13.1 Å². The van der Waals surface area contributed by atoms with E-state index in [1.54, 1.807) is 0 Å². The maximum atomic E-state index is 4.38. The molecule has 0 aromatic rings. The van der Waals surface area contributed by atoms with Gasteiger partial charge in [0.2, 0.25) is 0 Å². The fourth-order valence-electron chi connectivity index (χ4n) is 3.02. The Bertz CT molecular complexity index is 337. The van der Waals surface area contributed by atoms with Gasteiger partial charge in [0.25, 0.3) is 0 Å². The minimum atomic E-state index is 0. The summed E-state index contributed by atoms with van der Waals surface area (Å²) in [7, 11) is 1.87. The lowest BCUT2D eigenvalue weighted by Gasteiger charge is -2.32. The van der Waals surface area contributed by atoms with Crippen molar-refractivity contribution in [3.8, 4) is 0 Å². The van der Waals surface area contributed by atoms with Gasteiger partial charge in [-0.2, -0.15) is 11.8 Å². The lowest BCUT2D eigenvalue weighted by molar-refractivity contribution is 0.225. The number of guanidine groups is 1. The largest absolute Gasteiger partial charge is 0.356 e. The van der Waals surface area contributed by atoms with Gasteiger partial charge < -0.3 is 10.6 Å². The third kappa shape index (κ3) is 7.08. The summed E-state index contributed by atoms with van der Waals surface area (Å²) in [6, 6.07) is 0.555. The van der Waals surface area contributed by atoms with Gasteiger partial charge in [0, 0.05) is 39.3 Å². The van der Waals surface area contributed by atoms with Gasteiger partial charge in [0.15, 0.2) is 5.96 Å². The number of aliphatic imine (C=N–C) groups is 1. The van der Waals surface area contributed by atoms with Crippen LogP contribution in [0.5, 0.6) is 0 Å². The molecule has 2 fully saturated rings. The molecule has 6 heteroatoms. The predicted octanol–water partition coefficient (Wildman–Crippen LogP) is 2.56. The van der Waals surface area contributed by atoms with Crippen LogP contribution in [-0.4, -0.2) is 61.6 Å².